The molecule has 0 aliphatic heterocycles. The van der Waals surface area contributed by atoms with Crippen molar-refractivity contribution in [3.05, 3.63) is 95.1 Å². The summed E-state index contributed by atoms with van der Waals surface area (Å²) in [6.45, 7) is 0.0284. The normalized spacial score (nSPS) is 12.5. The fourth-order valence-electron chi connectivity index (χ4n) is 4.12. The number of hydrogen-bond donors (Lipinski definition) is 2. The van der Waals surface area contributed by atoms with Crippen molar-refractivity contribution in [2.45, 2.75) is 25.4 Å². The summed E-state index contributed by atoms with van der Waals surface area (Å²) in [6, 6.07) is 19.8. The number of carboxylic acids is 1. The van der Waals surface area contributed by atoms with E-state index in [9.17, 15) is 24.3 Å². The van der Waals surface area contributed by atoms with Crippen LogP contribution in [0.5, 0.6) is 0 Å². The predicted molar refractivity (Wildman–Crippen MR) is 121 cm³/mol. The molecule has 1 aliphatic carbocycles. The Balaban J connectivity index is 1.71. The Kier molecular flexibility index (Phi) is 6.04. The monoisotopic (exact) mass is 442 g/mol. The topological polar surface area (TPSA) is 118 Å². The third kappa shape index (κ3) is 4.39. The van der Waals surface area contributed by atoms with Crippen LogP contribution in [-0.4, -0.2) is 39.6 Å². The molecule has 7 nitrogen and oxygen atoms in total. The minimum Gasteiger partial charge on any atom is -0.480 e. The zero-order chi connectivity index (χ0) is 23.5. The molecule has 0 fully saturated rings. The molecule has 1 atom stereocenters. The van der Waals surface area contributed by atoms with Crippen molar-refractivity contribution in [2.75, 3.05) is 0 Å². The van der Waals surface area contributed by atoms with E-state index in [2.05, 4.69) is 0 Å². The lowest BCUT2D eigenvalue weighted by Gasteiger charge is -2.29. The number of nitrogens with two attached hydrogens (primary N) is 1. The highest BCUT2D eigenvalue weighted by Crippen LogP contribution is 2.37. The lowest BCUT2D eigenvalue weighted by atomic mass is 10.0. The van der Waals surface area contributed by atoms with E-state index in [1.165, 1.54) is 11.0 Å². The largest absolute Gasteiger partial charge is 0.480 e. The van der Waals surface area contributed by atoms with Gasteiger partial charge in [-0.25, -0.2) is 4.79 Å². The number of benzene rings is 3. The van der Waals surface area contributed by atoms with Gasteiger partial charge in [-0.2, -0.15) is 0 Å². The second-order valence-electron chi connectivity index (χ2n) is 7.91. The number of rotatable bonds is 8. The highest BCUT2D eigenvalue weighted by atomic mass is 16.4. The number of carbonyl (C=O) groups is 4. The van der Waals surface area contributed by atoms with E-state index in [-0.39, 0.29) is 30.7 Å². The van der Waals surface area contributed by atoms with Crippen LogP contribution in [0.1, 0.15) is 44.7 Å². The van der Waals surface area contributed by atoms with Crippen LogP contribution in [0.3, 0.4) is 0 Å². The molecule has 0 radical (unpaired) electrons. The summed E-state index contributed by atoms with van der Waals surface area (Å²) in [5, 5.41) is 9.85. The van der Waals surface area contributed by atoms with Crippen LogP contribution in [0.2, 0.25) is 0 Å². The Hall–Kier alpha value is -4.26. The smallest absolute Gasteiger partial charge is 0.326 e. The number of primary amides is 1. The fourth-order valence-corrected chi connectivity index (χ4v) is 4.12. The Bertz CT molecular complexity index is 1250. The van der Waals surface area contributed by atoms with E-state index < -0.39 is 23.8 Å². The van der Waals surface area contributed by atoms with Crippen molar-refractivity contribution in [3.8, 4) is 11.1 Å². The van der Waals surface area contributed by atoms with Crippen LogP contribution in [0.15, 0.2) is 72.8 Å². The van der Waals surface area contributed by atoms with E-state index in [0.29, 0.717) is 11.1 Å². The molecule has 0 saturated carbocycles. The summed E-state index contributed by atoms with van der Waals surface area (Å²) >= 11 is 0. The maximum Gasteiger partial charge on any atom is 0.326 e. The summed E-state index contributed by atoms with van der Waals surface area (Å²) in [4.78, 5) is 51.0. The zero-order valence-electron chi connectivity index (χ0n) is 17.7. The molecule has 0 bridgehead atoms. The van der Waals surface area contributed by atoms with Gasteiger partial charge in [0.2, 0.25) is 5.91 Å². The molecule has 0 heterocycles. The van der Waals surface area contributed by atoms with Gasteiger partial charge in [0.15, 0.2) is 5.78 Å². The molecule has 3 aromatic carbocycles. The fraction of sp³-hybridized carbons (Fsp3) is 0.154. The molecule has 3 aromatic rings. The van der Waals surface area contributed by atoms with Gasteiger partial charge in [0.25, 0.3) is 5.91 Å². The van der Waals surface area contributed by atoms with Crippen LogP contribution in [0.25, 0.3) is 11.1 Å². The number of hydrogen-bond acceptors (Lipinski definition) is 4. The number of amides is 2. The number of carboxylic acid groups (broad SMARTS) is 1. The van der Waals surface area contributed by atoms with Crippen LogP contribution >= 0.6 is 0 Å². The van der Waals surface area contributed by atoms with Crippen molar-refractivity contribution < 1.29 is 24.3 Å². The number of ketones is 1. The molecular formula is C26H22N2O5. The Morgan fingerprint density at radius 3 is 2.15 bits per heavy atom. The second kappa shape index (κ2) is 9.08. The molecule has 0 unspecified atom stereocenters. The van der Waals surface area contributed by atoms with E-state index >= 15 is 0 Å². The lowest BCUT2D eigenvalue weighted by Crippen LogP contribution is -2.45. The van der Waals surface area contributed by atoms with Crippen LogP contribution < -0.4 is 5.73 Å². The minimum absolute atomic E-state index is 0.0284. The van der Waals surface area contributed by atoms with E-state index in [4.69, 9.17) is 5.73 Å². The summed E-state index contributed by atoms with van der Waals surface area (Å²) < 4.78 is 0. The quantitative estimate of drug-likeness (QED) is 0.434. The molecule has 1 aliphatic rings. The first-order chi connectivity index (χ1) is 15.9. The van der Waals surface area contributed by atoms with Crippen molar-refractivity contribution in [2.24, 2.45) is 5.73 Å². The summed E-state index contributed by atoms with van der Waals surface area (Å²) in [5.74, 6) is -2.59. The Morgan fingerprint density at radius 1 is 0.848 bits per heavy atom. The van der Waals surface area contributed by atoms with Gasteiger partial charge in [-0.05, 0) is 35.2 Å². The maximum absolute atomic E-state index is 13.6. The van der Waals surface area contributed by atoms with Crippen LogP contribution in [0, 0.1) is 0 Å². The Morgan fingerprint density at radius 2 is 1.48 bits per heavy atom. The highest BCUT2D eigenvalue weighted by Gasteiger charge is 2.33. The molecule has 4 rings (SSSR count). The highest BCUT2D eigenvalue weighted by molar-refractivity contribution is 6.22. The van der Waals surface area contributed by atoms with Gasteiger partial charge in [0, 0.05) is 29.7 Å². The second-order valence-corrected chi connectivity index (χ2v) is 7.91. The summed E-state index contributed by atoms with van der Waals surface area (Å²) in [6.07, 6.45) is -0.286. The molecule has 0 saturated heterocycles. The number of fused-ring (bicyclic) bond motifs is 3. The van der Waals surface area contributed by atoms with Gasteiger partial charge < -0.3 is 15.7 Å². The van der Waals surface area contributed by atoms with Crippen LogP contribution in [-0.2, 0) is 16.1 Å². The molecule has 3 N–H and O–H groups in total. The van der Waals surface area contributed by atoms with Crippen molar-refractivity contribution in [3.63, 3.8) is 0 Å². The third-order valence-electron chi connectivity index (χ3n) is 5.76. The first-order valence-corrected chi connectivity index (χ1v) is 10.5. The van der Waals surface area contributed by atoms with Gasteiger partial charge in [-0.1, -0.05) is 60.7 Å². The zero-order valence-corrected chi connectivity index (χ0v) is 17.7. The number of carbonyl (C=O) groups excluding carboxylic acids is 3. The summed E-state index contributed by atoms with van der Waals surface area (Å²) in [5.41, 5.74) is 8.70. The molecule has 2 amide bonds. The molecular weight excluding hydrogens is 420 g/mol. The molecule has 0 spiro atoms. The van der Waals surface area contributed by atoms with Gasteiger partial charge in [-0.15, -0.1) is 0 Å². The van der Waals surface area contributed by atoms with E-state index in [1.807, 2.05) is 18.2 Å². The van der Waals surface area contributed by atoms with Crippen molar-refractivity contribution in [1.82, 2.24) is 4.90 Å². The van der Waals surface area contributed by atoms with Gasteiger partial charge >= 0.3 is 5.97 Å². The minimum atomic E-state index is -1.26. The van der Waals surface area contributed by atoms with E-state index in [1.54, 1.807) is 48.5 Å². The lowest BCUT2D eigenvalue weighted by molar-refractivity contribution is -0.143. The average molecular weight is 442 g/mol. The van der Waals surface area contributed by atoms with Gasteiger partial charge in [0.05, 0.1) is 0 Å². The SMILES string of the molecule is NC(=O)CC[C@@H](C(=O)O)N(Cc1ccccc1)C(=O)c1ccc2c(c1)C(=O)c1ccccc1-2. The maximum atomic E-state index is 13.6. The first-order valence-electron chi connectivity index (χ1n) is 10.5. The molecule has 33 heavy (non-hydrogen) atoms. The van der Waals surface area contributed by atoms with Crippen LogP contribution in [0.4, 0.5) is 0 Å². The molecule has 0 aromatic heterocycles. The third-order valence-corrected chi connectivity index (χ3v) is 5.76. The predicted octanol–water partition coefficient (Wildman–Crippen LogP) is 3.26. The first kappa shape index (κ1) is 22.0. The summed E-state index contributed by atoms with van der Waals surface area (Å²) in [7, 11) is 0. The molecule has 166 valence electrons. The number of aliphatic carboxylic acids is 1. The van der Waals surface area contributed by atoms with E-state index in [0.717, 1.165) is 16.7 Å². The average Bonchev–Trinajstić information content (AvgIpc) is 3.10. The van der Waals surface area contributed by atoms with Gasteiger partial charge in [0.1, 0.15) is 6.04 Å². The Labute approximate surface area is 190 Å². The standard InChI is InChI=1S/C26H22N2O5/c27-23(29)13-12-22(26(32)33)28(15-16-6-2-1-3-7-16)25(31)17-10-11-19-18-8-4-5-9-20(18)24(30)21(19)14-17/h1-11,14,22H,12-13,15H2,(H2,27,29)(H,32,33)/t22-/m0/s1. The number of nitrogens with zero attached hydrogens (tertiary/aromatic N) is 1. The van der Waals surface area contributed by atoms with Crippen molar-refractivity contribution >= 4 is 23.6 Å². The molecule has 7 heteroatoms. The van der Waals surface area contributed by atoms with Gasteiger partial charge in [-0.3, -0.25) is 14.4 Å². The van der Waals surface area contributed by atoms with Crippen molar-refractivity contribution in [1.29, 1.82) is 0 Å².